The molecule has 5 rings (SSSR count). The number of carbonyl (C=O) groups excluding carboxylic acids is 4. The van der Waals surface area contributed by atoms with Crippen molar-refractivity contribution in [1.82, 2.24) is 0 Å². The summed E-state index contributed by atoms with van der Waals surface area (Å²) < 4.78 is 25.8. The van der Waals surface area contributed by atoms with E-state index in [1.807, 2.05) is 0 Å². The van der Waals surface area contributed by atoms with Gasteiger partial charge in [-0.15, -0.1) is 0 Å². The molecule has 3 saturated heterocycles. The first kappa shape index (κ1) is 33.7. The number of hydrogen-bond donors (Lipinski definition) is 0. The van der Waals surface area contributed by atoms with Crippen LogP contribution in [-0.2, 0) is 38.1 Å². The van der Waals surface area contributed by atoms with E-state index in [2.05, 4.69) is 6.92 Å². The highest BCUT2D eigenvalue weighted by atomic mass is 16.8. The summed E-state index contributed by atoms with van der Waals surface area (Å²) in [5.41, 5.74) is -1.56. The van der Waals surface area contributed by atoms with Gasteiger partial charge in [0.2, 0.25) is 0 Å². The van der Waals surface area contributed by atoms with Crippen LogP contribution in [0.4, 0.5) is 0 Å². The maximum absolute atomic E-state index is 13.0. The summed E-state index contributed by atoms with van der Waals surface area (Å²) in [5, 5.41) is 0. The van der Waals surface area contributed by atoms with Crippen LogP contribution in [0.1, 0.15) is 129 Å². The summed E-state index contributed by atoms with van der Waals surface area (Å²) >= 11 is 0. The van der Waals surface area contributed by atoms with Crippen molar-refractivity contribution >= 4 is 23.3 Å². The van der Waals surface area contributed by atoms with Gasteiger partial charge in [-0.2, -0.15) is 0 Å². The summed E-state index contributed by atoms with van der Waals surface area (Å²) in [6.45, 7) is 2.24. The van der Waals surface area contributed by atoms with Crippen LogP contribution in [-0.4, -0.2) is 52.2 Å². The predicted octanol–water partition coefficient (Wildman–Crippen LogP) is 7.25. The van der Waals surface area contributed by atoms with Crippen molar-refractivity contribution in [1.29, 1.82) is 0 Å². The zero-order valence-electron chi connectivity index (χ0n) is 26.9. The number of carbonyl (C=O) groups is 4. The van der Waals surface area contributed by atoms with Crippen LogP contribution in [0, 0.1) is 0 Å². The molecule has 3 fully saturated rings. The van der Waals surface area contributed by atoms with Gasteiger partial charge in [-0.3, -0.25) is 19.2 Å². The lowest BCUT2D eigenvalue weighted by atomic mass is 9.89. The zero-order chi connectivity index (χ0) is 31.8. The average Bonchev–Trinajstić information content (AvgIpc) is 3.51. The molecular weight excluding hydrogens is 572 g/mol. The molecule has 0 aromatic rings. The van der Waals surface area contributed by atoms with Gasteiger partial charge >= 0.3 is 5.97 Å². The van der Waals surface area contributed by atoms with E-state index in [1.54, 1.807) is 24.3 Å². The van der Waals surface area contributed by atoms with Crippen molar-refractivity contribution < 1.29 is 38.1 Å². The molecule has 2 aliphatic carbocycles. The maximum Gasteiger partial charge on any atom is 0.313 e. The van der Waals surface area contributed by atoms with Gasteiger partial charge in [-0.25, -0.2) is 0 Å². The Kier molecular flexibility index (Phi) is 11.1. The van der Waals surface area contributed by atoms with Crippen molar-refractivity contribution in [2.45, 2.75) is 158 Å². The molecule has 0 aromatic heterocycles. The smallest absolute Gasteiger partial charge is 0.313 e. The lowest BCUT2D eigenvalue weighted by Crippen LogP contribution is -2.55. The minimum atomic E-state index is -1.10. The Morgan fingerprint density at radius 3 is 1.58 bits per heavy atom. The van der Waals surface area contributed by atoms with Crippen molar-refractivity contribution in [3.05, 3.63) is 48.6 Å². The highest BCUT2D eigenvalue weighted by molar-refractivity contribution is 6.01. The topological polar surface area (TPSA) is 105 Å². The van der Waals surface area contributed by atoms with Gasteiger partial charge < -0.3 is 18.9 Å². The fourth-order valence-corrected chi connectivity index (χ4v) is 7.42. The first-order chi connectivity index (χ1) is 21.7. The van der Waals surface area contributed by atoms with Crippen LogP contribution in [0.25, 0.3) is 0 Å². The highest BCUT2D eigenvalue weighted by Gasteiger charge is 2.61. The Hall–Kier alpha value is -2.68. The normalized spacial score (nSPS) is 29.1. The largest absolute Gasteiger partial charge is 0.462 e. The Balaban J connectivity index is 1.12. The second kappa shape index (κ2) is 14.8. The highest BCUT2D eigenvalue weighted by Crippen LogP contribution is 2.55. The standard InChI is InChI=1S/C37H50O8/c1-2-3-4-5-6-7-8-9-10-11-12-13-31(40)26-33(41)42-32-27-36(24-22-34(43-36)18-14-29(38)15-19-34)45-37(28-32)25-23-35(44-37)20-16-30(39)17-21-35/h14-21,32H,2-13,22-28H2,1H3/t32?,36-,37+. The Bertz CT molecular complexity index is 1130. The molecule has 8 heteroatoms. The number of Topliss-reactive ketones (excluding diaryl/α,β-unsaturated/α-hetero) is 1. The summed E-state index contributed by atoms with van der Waals surface area (Å²) in [5.74, 6) is -3.01. The number of esters is 1. The molecule has 1 unspecified atom stereocenters. The maximum atomic E-state index is 13.0. The van der Waals surface area contributed by atoms with E-state index in [4.69, 9.17) is 18.9 Å². The van der Waals surface area contributed by atoms with Crippen molar-refractivity contribution in [3.8, 4) is 0 Å². The third-order valence-corrected chi connectivity index (χ3v) is 9.81. The first-order valence-corrected chi connectivity index (χ1v) is 17.3. The zero-order valence-corrected chi connectivity index (χ0v) is 26.9. The number of ketones is 3. The van der Waals surface area contributed by atoms with Crippen LogP contribution in [0.2, 0.25) is 0 Å². The fraction of sp³-hybridized carbons (Fsp3) is 0.676. The third-order valence-electron chi connectivity index (χ3n) is 9.81. The van der Waals surface area contributed by atoms with Gasteiger partial charge in [-0.05, 0) is 67.9 Å². The molecule has 0 N–H and O–H groups in total. The summed E-state index contributed by atoms with van der Waals surface area (Å²) in [4.78, 5) is 49.3. The molecule has 0 radical (unpaired) electrons. The van der Waals surface area contributed by atoms with Gasteiger partial charge in [-0.1, -0.05) is 71.1 Å². The molecule has 0 amide bonds. The summed E-state index contributed by atoms with van der Waals surface area (Å²) in [6.07, 6.45) is 28.7. The van der Waals surface area contributed by atoms with Gasteiger partial charge in [0, 0.05) is 32.1 Å². The van der Waals surface area contributed by atoms with Crippen LogP contribution in [0.5, 0.6) is 0 Å². The third kappa shape index (κ3) is 8.99. The summed E-state index contributed by atoms with van der Waals surface area (Å²) in [6, 6.07) is 0. The van der Waals surface area contributed by atoms with E-state index in [9.17, 15) is 19.2 Å². The number of unbranched alkanes of at least 4 members (excludes halogenated alkanes) is 10. The lowest BCUT2D eigenvalue weighted by Gasteiger charge is -2.48. The van der Waals surface area contributed by atoms with E-state index in [0.717, 1.165) is 19.3 Å². The second-order valence-electron chi connectivity index (χ2n) is 13.7. The predicted molar refractivity (Wildman–Crippen MR) is 169 cm³/mol. The number of allylic oxidation sites excluding steroid dienone is 4. The van der Waals surface area contributed by atoms with Crippen LogP contribution >= 0.6 is 0 Å². The van der Waals surface area contributed by atoms with Crippen LogP contribution in [0.3, 0.4) is 0 Å². The lowest BCUT2D eigenvalue weighted by molar-refractivity contribution is -0.386. The quantitative estimate of drug-likeness (QED) is 0.107. The molecule has 0 aromatic carbocycles. The molecule has 3 aliphatic heterocycles. The Morgan fingerprint density at radius 1 is 0.667 bits per heavy atom. The monoisotopic (exact) mass is 622 g/mol. The molecule has 4 spiro atoms. The molecule has 5 aliphatic rings. The fourth-order valence-electron chi connectivity index (χ4n) is 7.42. The number of ether oxygens (including phenoxy) is 4. The summed E-state index contributed by atoms with van der Waals surface area (Å²) in [7, 11) is 0. The van der Waals surface area contributed by atoms with E-state index in [1.165, 1.54) is 75.7 Å². The van der Waals surface area contributed by atoms with Gasteiger partial charge in [0.05, 0.1) is 0 Å². The molecule has 0 bridgehead atoms. The van der Waals surface area contributed by atoms with E-state index >= 15 is 0 Å². The molecule has 0 saturated carbocycles. The molecule has 246 valence electrons. The van der Waals surface area contributed by atoms with E-state index in [0.29, 0.717) is 44.9 Å². The van der Waals surface area contributed by atoms with Gasteiger partial charge in [0.15, 0.2) is 23.1 Å². The van der Waals surface area contributed by atoms with E-state index in [-0.39, 0.29) is 23.8 Å². The molecule has 3 atom stereocenters. The Labute approximate surface area is 267 Å². The van der Waals surface area contributed by atoms with Crippen LogP contribution in [0.15, 0.2) is 48.6 Å². The molecule has 45 heavy (non-hydrogen) atoms. The molecular formula is C37H50O8. The molecule has 3 heterocycles. The SMILES string of the molecule is CCCCCCCCCCCCCC(=O)CC(=O)OC1C[C@]2(CCC3(C=CC(=O)C=C3)O2)O[C@]2(CCC3(C=CC(=O)C=C3)O2)C1. The Morgan fingerprint density at radius 2 is 1.11 bits per heavy atom. The van der Waals surface area contributed by atoms with Crippen molar-refractivity contribution in [2.24, 2.45) is 0 Å². The second-order valence-corrected chi connectivity index (χ2v) is 13.7. The average molecular weight is 623 g/mol. The minimum absolute atomic E-state index is 0.0937. The first-order valence-electron chi connectivity index (χ1n) is 17.3. The number of rotatable bonds is 15. The number of hydrogen-bond acceptors (Lipinski definition) is 8. The van der Waals surface area contributed by atoms with Crippen molar-refractivity contribution in [3.63, 3.8) is 0 Å². The van der Waals surface area contributed by atoms with Crippen LogP contribution < -0.4 is 0 Å². The van der Waals surface area contributed by atoms with Gasteiger partial charge in [0.25, 0.3) is 0 Å². The van der Waals surface area contributed by atoms with Crippen molar-refractivity contribution in [2.75, 3.05) is 0 Å². The minimum Gasteiger partial charge on any atom is -0.462 e. The van der Waals surface area contributed by atoms with E-state index < -0.39 is 34.8 Å². The molecule has 8 nitrogen and oxygen atoms in total. The van der Waals surface area contributed by atoms with Gasteiger partial charge in [0.1, 0.15) is 29.5 Å².